The number of pyridine rings is 1. The summed E-state index contributed by atoms with van der Waals surface area (Å²) in [6.45, 7) is 2.31. The van der Waals surface area contributed by atoms with Gasteiger partial charge in [-0.1, -0.05) is 18.2 Å². The normalized spacial score (nSPS) is 10.7. The first kappa shape index (κ1) is 10.8. The lowest BCUT2D eigenvalue weighted by atomic mass is 10.2. The van der Waals surface area contributed by atoms with Gasteiger partial charge in [0.1, 0.15) is 5.75 Å². The van der Waals surface area contributed by atoms with E-state index in [0.29, 0.717) is 23.7 Å². The number of hydrogen-bond acceptors (Lipinski definition) is 4. The third kappa shape index (κ3) is 2.05. The molecule has 0 saturated heterocycles. The van der Waals surface area contributed by atoms with Crippen LogP contribution in [0, 0.1) is 6.92 Å². The minimum atomic E-state index is 0.307. The van der Waals surface area contributed by atoms with Crippen molar-refractivity contribution in [3.63, 3.8) is 0 Å². The van der Waals surface area contributed by atoms with Gasteiger partial charge in [0.05, 0.1) is 0 Å². The first-order chi connectivity index (χ1) is 8.83. The summed E-state index contributed by atoms with van der Waals surface area (Å²) in [6.07, 6.45) is 1.69. The van der Waals surface area contributed by atoms with Crippen LogP contribution in [0.25, 0.3) is 11.2 Å². The first-order valence-electron chi connectivity index (χ1n) is 5.72. The fourth-order valence-electron chi connectivity index (χ4n) is 1.73. The largest absolute Gasteiger partial charge is 0.484 e. The van der Waals surface area contributed by atoms with Crippen molar-refractivity contribution in [2.75, 3.05) is 0 Å². The molecular weight excluding hydrogens is 228 g/mol. The highest BCUT2D eigenvalue weighted by atomic mass is 16.5. The van der Waals surface area contributed by atoms with E-state index < -0.39 is 0 Å². The number of fused-ring (bicyclic) bond motifs is 1. The molecule has 4 nitrogen and oxygen atoms in total. The SMILES string of the molecule is Cc1ccccc1OCc1nc2ncccc2o1. The number of para-hydroxylation sites is 1. The van der Waals surface area contributed by atoms with E-state index in [-0.39, 0.29) is 0 Å². The van der Waals surface area contributed by atoms with Gasteiger partial charge in [0.25, 0.3) is 0 Å². The second-order valence-electron chi connectivity index (χ2n) is 3.99. The van der Waals surface area contributed by atoms with Crippen LogP contribution in [0.4, 0.5) is 0 Å². The molecule has 0 aliphatic heterocycles. The number of aromatic nitrogens is 2. The fourth-order valence-corrected chi connectivity index (χ4v) is 1.73. The lowest BCUT2D eigenvalue weighted by molar-refractivity contribution is 0.265. The molecule has 1 aromatic carbocycles. The monoisotopic (exact) mass is 240 g/mol. The second-order valence-corrected chi connectivity index (χ2v) is 3.99. The maximum Gasteiger partial charge on any atom is 0.235 e. The zero-order chi connectivity index (χ0) is 12.4. The van der Waals surface area contributed by atoms with Crippen LogP contribution in [0.2, 0.25) is 0 Å². The molecule has 0 aliphatic rings. The van der Waals surface area contributed by atoms with E-state index in [1.54, 1.807) is 6.20 Å². The summed E-state index contributed by atoms with van der Waals surface area (Å²) in [5.41, 5.74) is 2.38. The number of nitrogens with zero attached hydrogens (tertiary/aromatic N) is 2. The Balaban J connectivity index is 1.79. The van der Waals surface area contributed by atoms with Crippen molar-refractivity contribution in [2.45, 2.75) is 13.5 Å². The summed E-state index contributed by atoms with van der Waals surface area (Å²) >= 11 is 0. The minimum absolute atomic E-state index is 0.307. The van der Waals surface area contributed by atoms with Gasteiger partial charge in [-0.25, -0.2) is 4.98 Å². The average Bonchev–Trinajstić information content (AvgIpc) is 2.80. The van der Waals surface area contributed by atoms with Crippen molar-refractivity contribution in [3.05, 3.63) is 54.0 Å². The van der Waals surface area contributed by atoms with Gasteiger partial charge >= 0.3 is 0 Å². The van der Waals surface area contributed by atoms with E-state index in [1.807, 2.05) is 43.3 Å². The smallest absolute Gasteiger partial charge is 0.235 e. The van der Waals surface area contributed by atoms with E-state index in [1.165, 1.54) is 0 Å². The third-order valence-electron chi connectivity index (χ3n) is 2.65. The lowest BCUT2D eigenvalue weighted by Gasteiger charge is -2.05. The highest BCUT2D eigenvalue weighted by Gasteiger charge is 2.07. The Morgan fingerprint density at radius 2 is 2.06 bits per heavy atom. The molecular formula is C14H12N2O2. The summed E-state index contributed by atoms with van der Waals surface area (Å²) in [7, 11) is 0. The Hall–Kier alpha value is -2.36. The number of ether oxygens (including phenoxy) is 1. The molecule has 3 rings (SSSR count). The average molecular weight is 240 g/mol. The predicted octanol–water partition coefficient (Wildman–Crippen LogP) is 3.11. The lowest BCUT2D eigenvalue weighted by Crippen LogP contribution is -1.96. The van der Waals surface area contributed by atoms with Gasteiger partial charge in [-0.15, -0.1) is 0 Å². The molecule has 18 heavy (non-hydrogen) atoms. The van der Waals surface area contributed by atoms with Crippen molar-refractivity contribution in [1.82, 2.24) is 9.97 Å². The van der Waals surface area contributed by atoms with E-state index in [0.717, 1.165) is 11.3 Å². The van der Waals surface area contributed by atoms with Gasteiger partial charge in [-0.3, -0.25) is 0 Å². The van der Waals surface area contributed by atoms with Crippen molar-refractivity contribution in [3.8, 4) is 5.75 Å². The third-order valence-corrected chi connectivity index (χ3v) is 2.65. The summed E-state index contributed by atoms with van der Waals surface area (Å²) in [5.74, 6) is 1.37. The van der Waals surface area contributed by atoms with Crippen molar-refractivity contribution >= 4 is 11.2 Å². The number of oxazole rings is 1. The van der Waals surface area contributed by atoms with Gasteiger partial charge in [-0.05, 0) is 30.7 Å². The molecule has 0 saturated carbocycles. The Bertz CT molecular complexity index is 643. The molecule has 90 valence electrons. The fraction of sp³-hybridized carbons (Fsp3) is 0.143. The van der Waals surface area contributed by atoms with E-state index in [9.17, 15) is 0 Å². The van der Waals surface area contributed by atoms with E-state index >= 15 is 0 Å². The predicted molar refractivity (Wildman–Crippen MR) is 67.3 cm³/mol. The molecule has 0 amide bonds. The second kappa shape index (κ2) is 4.49. The molecule has 2 aromatic heterocycles. The summed E-state index contributed by atoms with van der Waals surface area (Å²) in [6, 6.07) is 11.5. The van der Waals surface area contributed by atoms with Gasteiger partial charge in [0.15, 0.2) is 17.8 Å². The Morgan fingerprint density at radius 1 is 1.17 bits per heavy atom. The van der Waals surface area contributed by atoms with Crippen LogP contribution in [0.15, 0.2) is 47.0 Å². The maximum atomic E-state index is 5.67. The van der Waals surface area contributed by atoms with Crippen LogP contribution < -0.4 is 4.74 Å². The molecule has 0 unspecified atom stereocenters. The van der Waals surface area contributed by atoms with E-state index in [2.05, 4.69) is 9.97 Å². The number of aryl methyl sites for hydroxylation is 1. The molecule has 4 heteroatoms. The van der Waals surface area contributed by atoms with Gasteiger partial charge in [0, 0.05) is 6.20 Å². The van der Waals surface area contributed by atoms with Crippen molar-refractivity contribution in [2.24, 2.45) is 0 Å². The number of hydrogen-bond donors (Lipinski definition) is 0. The number of rotatable bonds is 3. The standard InChI is InChI=1S/C14H12N2O2/c1-10-5-2-3-6-11(10)17-9-13-16-14-12(18-13)7-4-8-15-14/h2-8H,9H2,1H3. The van der Waals surface area contributed by atoms with Crippen LogP contribution in [0.1, 0.15) is 11.5 Å². The molecule has 0 fully saturated rings. The zero-order valence-electron chi connectivity index (χ0n) is 9.96. The quantitative estimate of drug-likeness (QED) is 0.705. The zero-order valence-corrected chi connectivity index (χ0v) is 9.96. The molecule has 0 bridgehead atoms. The molecule has 0 radical (unpaired) electrons. The first-order valence-corrected chi connectivity index (χ1v) is 5.72. The maximum absolute atomic E-state index is 5.67. The van der Waals surface area contributed by atoms with Crippen LogP contribution in [-0.4, -0.2) is 9.97 Å². The van der Waals surface area contributed by atoms with Crippen LogP contribution in [0.5, 0.6) is 5.75 Å². The molecule has 0 atom stereocenters. The van der Waals surface area contributed by atoms with Gasteiger partial charge < -0.3 is 9.15 Å². The Labute approximate surface area is 104 Å². The van der Waals surface area contributed by atoms with Gasteiger partial charge in [0.2, 0.25) is 5.89 Å². The Morgan fingerprint density at radius 3 is 2.89 bits per heavy atom. The molecule has 0 spiro atoms. The number of benzene rings is 1. The molecule has 3 aromatic rings. The van der Waals surface area contributed by atoms with Crippen LogP contribution >= 0.6 is 0 Å². The van der Waals surface area contributed by atoms with Crippen molar-refractivity contribution in [1.29, 1.82) is 0 Å². The van der Waals surface area contributed by atoms with E-state index in [4.69, 9.17) is 9.15 Å². The highest BCUT2D eigenvalue weighted by Crippen LogP contribution is 2.19. The van der Waals surface area contributed by atoms with Crippen molar-refractivity contribution < 1.29 is 9.15 Å². The molecule has 0 N–H and O–H groups in total. The highest BCUT2D eigenvalue weighted by molar-refractivity contribution is 5.66. The Kier molecular flexibility index (Phi) is 2.68. The minimum Gasteiger partial charge on any atom is -0.484 e. The summed E-state index contributed by atoms with van der Waals surface area (Å²) in [4.78, 5) is 8.37. The molecule has 0 aliphatic carbocycles. The topological polar surface area (TPSA) is 48.2 Å². The molecule has 2 heterocycles. The van der Waals surface area contributed by atoms with Crippen LogP contribution in [-0.2, 0) is 6.61 Å². The van der Waals surface area contributed by atoms with Crippen LogP contribution in [0.3, 0.4) is 0 Å². The summed E-state index contributed by atoms with van der Waals surface area (Å²) < 4.78 is 11.2. The van der Waals surface area contributed by atoms with Gasteiger partial charge in [-0.2, -0.15) is 4.98 Å². The summed E-state index contributed by atoms with van der Waals surface area (Å²) in [5, 5.41) is 0.